The molecule has 0 heterocycles. The summed E-state index contributed by atoms with van der Waals surface area (Å²) < 4.78 is 32.2. The van der Waals surface area contributed by atoms with Crippen LogP contribution in [0.1, 0.15) is 11.1 Å². The number of benzene rings is 2. The van der Waals surface area contributed by atoms with Gasteiger partial charge in [0, 0.05) is 26.7 Å². The van der Waals surface area contributed by atoms with Gasteiger partial charge in [-0.05, 0) is 36.8 Å². The maximum absolute atomic E-state index is 12.2. The van der Waals surface area contributed by atoms with Gasteiger partial charge in [0.2, 0.25) is 10.0 Å². The lowest BCUT2D eigenvalue weighted by molar-refractivity contribution is 0.414. The number of methoxy groups -OCH3 is 1. The summed E-state index contributed by atoms with van der Waals surface area (Å²) in [6.07, 6.45) is 0. The summed E-state index contributed by atoms with van der Waals surface area (Å²) in [5.74, 6) is 1.41. The first-order valence-electron chi connectivity index (χ1n) is 8.58. The van der Waals surface area contributed by atoms with Gasteiger partial charge in [-0.15, -0.1) is 24.0 Å². The molecular formula is C19H27IN4O3S. The predicted molar refractivity (Wildman–Crippen MR) is 123 cm³/mol. The SMILES string of the molecule is CN=C(NCCNS(=O)(=O)c1ccc(C)cc1)NCc1ccc(OC)cc1.I. The van der Waals surface area contributed by atoms with Gasteiger partial charge in [-0.3, -0.25) is 4.99 Å². The van der Waals surface area contributed by atoms with E-state index in [4.69, 9.17) is 4.74 Å². The van der Waals surface area contributed by atoms with Crippen molar-refractivity contribution in [2.75, 3.05) is 27.2 Å². The molecule has 0 atom stereocenters. The van der Waals surface area contributed by atoms with E-state index in [1.165, 1.54) is 0 Å². The molecule has 0 spiro atoms. The number of nitrogens with one attached hydrogen (secondary N) is 3. The van der Waals surface area contributed by atoms with E-state index in [9.17, 15) is 8.42 Å². The molecule has 0 aromatic heterocycles. The Kier molecular flexibility index (Phi) is 10.3. The molecular weight excluding hydrogens is 491 g/mol. The van der Waals surface area contributed by atoms with Gasteiger partial charge in [-0.1, -0.05) is 29.8 Å². The largest absolute Gasteiger partial charge is 0.497 e. The second-order valence-corrected chi connectivity index (χ2v) is 7.68. The smallest absolute Gasteiger partial charge is 0.240 e. The van der Waals surface area contributed by atoms with Crippen LogP contribution in [0, 0.1) is 6.92 Å². The molecule has 3 N–H and O–H groups in total. The van der Waals surface area contributed by atoms with Gasteiger partial charge in [0.1, 0.15) is 5.75 Å². The van der Waals surface area contributed by atoms with Crippen LogP contribution in [0.25, 0.3) is 0 Å². The third kappa shape index (κ3) is 7.64. The second kappa shape index (κ2) is 11.9. The molecule has 0 saturated carbocycles. The Morgan fingerprint density at radius 1 is 1.00 bits per heavy atom. The van der Waals surface area contributed by atoms with Crippen LogP contribution >= 0.6 is 24.0 Å². The van der Waals surface area contributed by atoms with Crippen LogP contribution in [0.3, 0.4) is 0 Å². The van der Waals surface area contributed by atoms with Gasteiger partial charge in [-0.25, -0.2) is 13.1 Å². The van der Waals surface area contributed by atoms with E-state index in [1.54, 1.807) is 38.4 Å². The molecule has 0 radical (unpaired) electrons. The standard InChI is InChI=1S/C19H26N4O3S.HI/c1-15-4-10-18(11-5-15)27(24,25)23-13-12-21-19(20-2)22-14-16-6-8-17(26-3)9-7-16;/h4-11,23H,12-14H2,1-3H3,(H2,20,21,22);1H. The quantitative estimate of drug-likeness (QED) is 0.216. The molecule has 0 amide bonds. The van der Waals surface area contributed by atoms with Crippen molar-refractivity contribution >= 4 is 40.0 Å². The number of rotatable bonds is 8. The van der Waals surface area contributed by atoms with Gasteiger partial charge >= 0.3 is 0 Å². The number of hydrogen-bond donors (Lipinski definition) is 3. The van der Waals surface area contributed by atoms with Gasteiger partial charge in [0.15, 0.2) is 5.96 Å². The van der Waals surface area contributed by atoms with Gasteiger partial charge in [0.05, 0.1) is 12.0 Å². The van der Waals surface area contributed by atoms with E-state index in [0.717, 1.165) is 16.9 Å². The molecule has 2 rings (SSSR count). The summed E-state index contributed by atoms with van der Waals surface area (Å²) in [7, 11) is -0.208. The van der Waals surface area contributed by atoms with Crippen molar-refractivity contribution in [3.63, 3.8) is 0 Å². The Hall–Kier alpha value is -1.85. The number of halogens is 1. The summed E-state index contributed by atoms with van der Waals surface area (Å²) in [6.45, 7) is 3.17. The minimum Gasteiger partial charge on any atom is -0.497 e. The molecule has 9 heteroatoms. The summed E-state index contributed by atoms with van der Waals surface area (Å²) in [4.78, 5) is 4.39. The fourth-order valence-corrected chi connectivity index (χ4v) is 3.35. The van der Waals surface area contributed by atoms with Crippen LogP contribution in [0.2, 0.25) is 0 Å². The molecule has 28 heavy (non-hydrogen) atoms. The van der Waals surface area contributed by atoms with Crippen LogP contribution in [-0.4, -0.2) is 41.6 Å². The number of guanidine groups is 1. The van der Waals surface area contributed by atoms with Gasteiger partial charge in [0.25, 0.3) is 0 Å². The molecule has 0 aliphatic heterocycles. The number of hydrogen-bond acceptors (Lipinski definition) is 4. The van der Waals surface area contributed by atoms with Crippen molar-refractivity contribution in [3.8, 4) is 5.75 Å². The van der Waals surface area contributed by atoms with Gasteiger partial charge < -0.3 is 15.4 Å². The number of aryl methyl sites for hydroxylation is 1. The first-order chi connectivity index (χ1) is 12.9. The van der Waals surface area contributed by atoms with Crippen molar-refractivity contribution in [3.05, 3.63) is 59.7 Å². The molecule has 7 nitrogen and oxygen atoms in total. The van der Waals surface area contributed by atoms with E-state index in [2.05, 4.69) is 20.3 Å². The Balaban J connectivity index is 0.00000392. The highest BCUT2D eigenvalue weighted by atomic mass is 127. The maximum Gasteiger partial charge on any atom is 0.240 e. The Bertz CT molecular complexity index is 854. The average Bonchev–Trinajstić information content (AvgIpc) is 2.68. The highest BCUT2D eigenvalue weighted by Gasteiger charge is 2.12. The summed E-state index contributed by atoms with van der Waals surface area (Å²) in [5, 5.41) is 6.26. The van der Waals surface area contributed by atoms with E-state index in [-0.39, 0.29) is 35.4 Å². The highest BCUT2D eigenvalue weighted by Crippen LogP contribution is 2.11. The monoisotopic (exact) mass is 518 g/mol. The molecule has 0 bridgehead atoms. The van der Waals surface area contributed by atoms with Gasteiger partial charge in [-0.2, -0.15) is 0 Å². The third-order valence-corrected chi connectivity index (χ3v) is 5.36. The summed E-state index contributed by atoms with van der Waals surface area (Å²) in [5.41, 5.74) is 2.10. The van der Waals surface area contributed by atoms with Crippen molar-refractivity contribution in [2.24, 2.45) is 4.99 Å². The van der Waals surface area contributed by atoms with E-state index in [1.807, 2.05) is 31.2 Å². The van der Waals surface area contributed by atoms with Crippen molar-refractivity contribution in [1.82, 2.24) is 15.4 Å². The number of sulfonamides is 1. The van der Waals surface area contributed by atoms with Crippen LogP contribution in [0.5, 0.6) is 5.75 Å². The fraction of sp³-hybridized carbons (Fsp3) is 0.316. The average molecular weight is 518 g/mol. The second-order valence-electron chi connectivity index (χ2n) is 5.91. The first kappa shape index (κ1) is 24.2. The molecule has 2 aromatic rings. The van der Waals surface area contributed by atoms with Crippen LogP contribution in [0.15, 0.2) is 58.4 Å². The fourth-order valence-electron chi connectivity index (χ4n) is 2.32. The number of ether oxygens (including phenoxy) is 1. The maximum atomic E-state index is 12.2. The predicted octanol–water partition coefficient (Wildman–Crippen LogP) is 2.27. The molecule has 154 valence electrons. The highest BCUT2D eigenvalue weighted by molar-refractivity contribution is 14.0. The molecule has 0 unspecified atom stereocenters. The molecule has 0 fully saturated rings. The van der Waals surface area contributed by atoms with E-state index >= 15 is 0 Å². The normalized spacial score (nSPS) is 11.5. The minimum absolute atomic E-state index is 0. The van der Waals surface area contributed by atoms with E-state index in [0.29, 0.717) is 19.0 Å². The lowest BCUT2D eigenvalue weighted by Gasteiger charge is -2.13. The molecule has 0 aliphatic carbocycles. The Morgan fingerprint density at radius 2 is 1.64 bits per heavy atom. The number of aliphatic imine (C=N–C) groups is 1. The van der Waals surface area contributed by atoms with Crippen molar-refractivity contribution in [2.45, 2.75) is 18.4 Å². The van der Waals surface area contributed by atoms with Crippen molar-refractivity contribution in [1.29, 1.82) is 0 Å². The zero-order chi connectivity index (χ0) is 19.7. The Labute approximate surface area is 184 Å². The number of nitrogens with zero attached hydrogens (tertiary/aromatic N) is 1. The van der Waals surface area contributed by atoms with Crippen LogP contribution in [-0.2, 0) is 16.6 Å². The lowest BCUT2D eigenvalue weighted by atomic mass is 10.2. The molecule has 0 aliphatic rings. The molecule has 2 aromatic carbocycles. The Morgan fingerprint density at radius 3 is 2.21 bits per heavy atom. The van der Waals surface area contributed by atoms with Crippen molar-refractivity contribution < 1.29 is 13.2 Å². The lowest BCUT2D eigenvalue weighted by Crippen LogP contribution is -2.41. The first-order valence-corrected chi connectivity index (χ1v) is 10.1. The topological polar surface area (TPSA) is 91.8 Å². The zero-order valence-corrected chi connectivity index (χ0v) is 19.4. The van der Waals surface area contributed by atoms with Crippen LogP contribution < -0.4 is 20.1 Å². The van der Waals surface area contributed by atoms with E-state index < -0.39 is 10.0 Å². The third-order valence-electron chi connectivity index (χ3n) is 3.88. The summed E-state index contributed by atoms with van der Waals surface area (Å²) >= 11 is 0. The van der Waals surface area contributed by atoms with Crippen LogP contribution in [0.4, 0.5) is 0 Å². The zero-order valence-electron chi connectivity index (χ0n) is 16.2. The minimum atomic E-state index is -3.51. The molecule has 0 saturated heterocycles. The summed E-state index contributed by atoms with van der Waals surface area (Å²) in [6, 6.07) is 14.5.